The van der Waals surface area contributed by atoms with E-state index in [1.165, 1.54) is 11.3 Å². The molecule has 7 heteroatoms. The van der Waals surface area contributed by atoms with E-state index in [1.54, 1.807) is 10.3 Å². The summed E-state index contributed by atoms with van der Waals surface area (Å²) in [6.07, 6.45) is 1.74. The van der Waals surface area contributed by atoms with Crippen molar-refractivity contribution in [2.45, 2.75) is 31.9 Å². The fourth-order valence-electron chi connectivity index (χ4n) is 2.20. The van der Waals surface area contributed by atoms with Gasteiger partial charge in [-0.25, -0.2) is 4.98 Å². The van der Waals surface area contributed by atoms with Crippen LogP contribution in [0, 0.1) is 0 Å². The van der Waals surface area contributed by atoms with Crippen LogP contribution < -0.4 is 5.73 Å². The van der Waals surface area contributed by atoms with Gasteiger partial charge in [0, 0.05) is 18.5 Å². The Bertz CT molecular complexity index is 442. The summed E-state index contributed by atoms with van der Waals surface area (Å²) in [6.45, 7) is 3.59. The average Bonchev–Trinajstić information content (AvgIpc) is 2.95. The highest BCUT2D eigenvalue weighted by Crippen LogP contribution is 2.20. The minimum absolute atomic E-state index is 0.0336. The van der Waals surface area contributed by atoms with Gasteiger partial charge in [0.25, 0.3) is 5.91 Å². The molecule has 6 nitrogen and oxygen atoms in total. The number of hydrogen-bond acceptors (Lipinski definition) is 6. The van der Waals surface area contributed by atoms with Crippen LogP contribution >= 0.6 is 11.3 Å². The SMILES string of the molecule is CC(N)c1nc(C(=O)N2CCC(OCCO)CC2)cs1. The number of carbonyl (C=O) groups excluding carboxylic acids is 1. The first-order chi connectivity index (χ1) is 9.61. The van der Waals surface area contributed by atoms with Crippen LogP contribution in [0.1, 0.15) is 41.3 Å². The number of hydrogen-bond donors (Lipinski definition) is 2. The minimum atomic E-state index is -0.140. The maximum atomic E-state index is 12.3. The smallest absolute Gasteiger partial charge is 0.273 e. The third-order valence-electron chi connectivity index (χ3n) is 3.30. The maximum absolute atomic E-state index is 12.3. The number of nitrogens with zero attached hydrogens (tertiary/aromatic N) is 2. The van der Waals surface area contributed by atoms with Crippen LogP contribution in [0.4, 0.5) is 0 Å². The number of amides is 1. The molecule has 112 valence electrons. The minimum Gasteiger partial charge on any atom is -0.394 e. The van der Waals surface area contributed by atoms with Gasteiger partial charge >= 0.3 is 0 Å². The van der Waals surface area contributed by atoms with Crippen molar-refractivity contribution < 1.29 is 14.6 Å². The Kier molecular flexibility index (Phi) is 5.47. The molecule has 1 aromatic heterocycles. The lowest BCUT2D eigenvalue weighted by atomic mass is 10.1. The third-order valence-corrected chi connectivity index (χ3v) is 4.35. The van der Waals surface area contributed by atoms with Gasteiger partial charge in [-0.15, -0.1) is 11.3 Å². The summed E-state index contributed by atoms with van der Waals surface area (Å²) >= 11 is 1.43. The van der Waals surface area contributed by atoms with E-state index in [4.69, 9.17) is 15.6 Å². The number of ether oxygens (including phenoxy) is 1. The van der Waals surface area contributed by atoms with Crippen molar-refractivity contribution in [1.82, 2.24) is 9.88 Å². The second kappa shape index (κ2) is 7.12. The molecular weight excluding hydrogens is 278 g/mol. The molecule has 2 rings (SSSR count). The van der Waals surface area contributed by atoms with Crippen LogP contribution in [0.25, 0.3) is 0 Å². The van der Waals surface area contributed by atoms with Gasteiger partial charge in [0.05, 0.1) is 25.4 Å². The van der Waals surface area contributed by atoms with Gasteiger partial charge in [-0.05, 0) is 19.8 Å². The molecule has 2 heterocycles. The molecule has 0 radical (unpaired) electrons. The van der Waals surface area contributed by atoms with Crippen LogP contribution in [0.15, 0.2) is 5.38 Å². The van der Waals surface area contributed by atoms with Crippen molar-refractivity contribution in [1.29, 1.82) is 0 Å². The lowest BCUT2D eigenvalue weighted by molar-refractivity contribution is -0.00563. The van der Waals surface area contributed by atoms with Gasteiger partial charge in [0.2, 0.25) is 0 Å². The number of aliphatic hydroxyl groups is 1. The molecule has 1 saturated heterocycles. The quantitative estimate of drug-likeness (QED) is 0.838. The lowest BCUT2D eigenvalue weighted by Gasteiger charge is -2.31. The molecule has 0 aliphatic carbocycles. The first-order valence-electron chi connectivity index (χ1n) is 6.84. The predicted octanol–water partition coefficient (Wildman–Crippen LogP) is 0.776. The molecule has 0 bridgehead atoms. The zero-order valence-electron chi connectivity index (χ0n) is 11.6. The van der Waals surface area contributed by atoms with E-state index in [1.807, 2.05) is 6.92 Å². The number of carbonyl (C=O) groups is 1. The molecule has 0 aromatic carbocycles. The standard InChI is InChI=1S/C13H21N3O3S/c1-9(14)12-15-11(8-20-12)13(18)16-4-2-10(3-5-16)19-7-6-17/h8-10,17H,2-7,14H2,1H3. The van der Waals surface area contributed by atoms with E-state index in [9.17, 15) is 4.79 Å². The molecule has 1 fully saturated rings. The van der Waals surface area contributed by atoms with E-state index >= 15 is 0 Å². The molecule has 0 spiro atoms. The topological polar surface area (TPSA) is 88.7 Å². The molecule has 3 N–H and O–H groups in total. The van der Waals surface area contributed by atoms with Gasteiger partial charge in [0.15, 0.2) is 0 Å². The van der Waals surface area contributed by atoms with Crippen LogP contribution in [-0.2, 0) is 4.74 Å². The number of piperidine rings is 1. The summed E-state index contributed by atoms with van der Waals surface area (Å²) in [5.74, 6) is -0.0336. The molecule has 1 unspecified atom stereocenters. The first-order valence-corrected chi connectivity index (χ1v) is 7.72. The molecule has 1 amide bonds. The second-order valence-corrected chi connectivity index (χ2v) is 5.84. The zero-order chi connectivity index (χ0) is 14.5. The van der Waals surface area contributed by atoms with E-state index < -0.39 is 0 Å². The molecule has 20 heavy (non-hydrogen) atoms. The van der Waals surface area contributed by atoms with Gasteiger partial charge in [-0.2, -0.15) is 0 Å². The largest absolute Gasteiger partial charge is 0.394 e. The summed E-state index contributed by atoms with van der Waals surface area (Å²) in [7, 11) is 0. The number of rotatable bonds is 5. The summed E-state index contributed by atoms with van der Waals surface area (Å²) < 4.78 is 5.48. The number of aromatic nitrogens is 1. The highest BCUT2D eigenvalue weighted by atomic mass is 32.1. The predicted molar refractivity (Wildman–Crippen MR) is 76.7 cm³/mol. The van der Waals surface area contributed by atoms with Crippen LogP contribution in [0.3, 0.4) is 0 Å². The van der Waals surface area contributed by atoms with Crippen molar-refractivity contribution in [3.05, 3.63) is 16.1 Å². The van der Waals surface area contributed by atoms with E-state index in [0.29, 0.717) is 25.4 Å². The zero-order valence-corrected chi connectivity index (χ0v) is 12.4. The summed E-state index contributed by atoms with van der Waals surface area (Å²) in [5.41, 5.74) is 6.24. The molecule has 0 saturated carbocycles. The fourth-order valence-corrected chi connectivity index (χ4v) is 2.95. The monoisotopic (exact) mass is 299 g/mol. The average molecular weight is 299 g/mol. The fraction of sp³-hybridized carbons (Fsp3) is 0.692. The van der Waals surface area contributed by atoms with E-state index in [-0.39, 0.29) is 24.7 Å². The highest BCUT2D eigenvalue weighted by molar-refractivity contribution is 7.09. The Morgan fingerprint density at radius 3 is 2.90 bits per heavy atom. The normalized spacial score (nSPS) is 18.2. The highest BCUT2D eigenvalue weighted by Gasteiger charge is 2.25. The molecule has 1 aromatic rings. The first kappa shape index (κ1) is 15.4. The Balaban J connectivity index is 1.87. The third kappa shape index (κ3) is 3.76. The summed E-state index contributed by atoms with van der Waals surface area (Å²) in [4.78, 5) is 18.4. The van der Waals surface area contributed by atoms with Gasteiger partial charge in [-0.3, -0.25) is 4.79 Å². The van der Waals surface area contributed by atoms with Gasteiger partial charge in [0.1, 0.15) is 10.7 Å². The van der Waals surface area contributed by atoms with Gasteiger partial charge in [-0.1, -0.05) is 0 Å². The Labute approximate surface area is 122 Å². The number of nitrogens with two attached hydrogens (primary N) is 1. The summed E-state index contributed by atoms with van der Waals surface area (Å²) in [6, 6.07) is -0.140. The van der Waals surface area contributed by atoms with Crippen molar-refractivity contribution in [2.24, 2.45) is 5.73 Å². The number of aliphatic hydroxyl groups excluding tert-OH is 1. The molecule has 1 aliphatic heterocycles. The lowest BCUT2D eigenvalue weighted by Crippen LogP contribution is -2.41. The number of likely N-dealkylation sites (tertiary alicyclic amines) is 1. The van der Waals surface area contributed by atoms with Crippen molar-refractivity contribution in [3.63, 3.8) is 0 Å². The van der Waals surface area contributed by atoms with E-state index in [0.717, 1.165) is 17.8 Å². The Morgan fingerprint density at radius 1 is 1.65 bits per heavy atom. The van der Waals surface area contributed by atoms with Crippen molar-refractivity contribution in [3.8, 4) is 0 Å². The Hall–Kier alpha value is -1.02. The second-order valence-electron chi connectivity index (χ2n) is 4.95. The number of thiazole rings is 1. The Morgan fingerprint density at radius 2 is 2.35 bits per heavy atom. The van der Waals surface area contributed by atoms with Crippen LogP contribution in [0.2, 0.25) is 0 Å². The maximum Gasteiger partial charge on any atom is 0.273 e. The van der Waals surface area contributed by atoms with Crippen molar-refractivity contribution >= 4 is 17.2 Å². The van der Waals surface area contributed by atoms with Crippen molar-refractivity contribution in [2.75, 3.05) is 26.3 Å². The summed E-state index contributed by atoms with van der Waals surface area (Å²) in [5, 5.41) is 11.3. The molecule has 1 atom stereocenters. The molecular formula is C13H21N3O3S. The van der Waals surface area contributed by atoms with Crippen LogP contribution in [0.5, 0.6) is 0 Å². The van der Waals surface area contributed by atoms with E-state index in [2.05, 4.69) is 4.98 Å². The molecule has 1 aliphatic rings. The van der Waals surface area contributed by atoms with Crippen LogP contribution in [-0.4, -0.2) is 53.3 Å². The van der Waals surface area contributed by atoms with Gasteiger partial charge < -0.3 is 20.5 Å².